The number of anilines is 1. The number of aromatic amines is 1. The van der Waals surface area contributed by atoms with Crippen LogP contribution in [0.15, 0.2) is 18.2 Å². The van der Waals surface area contributed by atoms with Gasteiger partial charge in [0.1, 0.15) is 11.6 Å². The lowest BCUT2D eigenvalue weighted by Gasteiger charge is -2.08. The Morgan fingerprint density at radius 1 is 1.31 bits per heavy atom. The van der Waals surface area contributed by atoms with E-state index in [1.54, 1.807) is 7.11 Å². The highest BCUT2D eigenvalue weighted by Gasteiger charge is 2.12. The first-order valence-corrected chi connectivity index (χ1v) is 5.09. The van der Waals surface area contributed by atoms with Gasteiger partial charge in [-0.3, -0.25) is 5.10 Å². The molecular formula is C12H15N3O. The number of nitrogens with zero attached hydrogens (tertiary/aromatic N) is 1. The molecule has 2 aromatic rings. The fourth-order valence-electron chi connectivity index (χ4n) is 1.69. The van der Waals surface area contributed by atoms with Crippen molar-refractivity contribution in [1.82, 2.24) is 10.2 Å². The second-order valence-electron chi connectivity index (χ2n) is 3.81. The highest BCUT2D eigenvalue weighted by Crippen LogP contribution is 2.32. The summed E-state index contributed by atoms with van der Waals surface area (Å²) in [7, 11) is 1.66. The molecule has 1 heterocycles. The van der Waals surface area contributed by atoms with Crippen LogP contribution in [0.1, 0.15) is 11.1 Å². The maximum absolute atomic E-state index is 5.72. The summed E-state index contributed by atoms with van der Waals surface area (Å²) in [5, 5.41) is 6.93. The second-order valence-corrected chi connectivity index (χ2v) is 3.81. The number of nitrogens with two attached hydrogens (primary N) is 1. The summed E-state index contributed by atoms with van der Waals surface area (Å²) in [4.78, 5) is 0. The van der Waals surface area contributed by atoms with Crippen LogP contribution >= 0.6 is 0 Å². The molecule has 16 heavy (non-hydrogen) atoms. The summed E-state index contributed by atoms with van der Waals surface area (Å²) in [6.45, 7) is 3.98. The molecular weight excluding hydrogens is 202 g/mol. The smallest absolute Gasteiger partial charge is 0.148 e. The van der Waals surface area contributed by atoms with E-state index in [1.807, 2.05) is 26.0 Å². The van der Waals surface area contributed by atoms with Crippen LogP contribution in [0.3, 0.4) is 0 Å². The molecule has 0 saturated heterocycles. The zero-order valence-electron chi connectivity index (χ0n) is 9.66. The van der Waals surface area contributed by atoms with Crippen LogP contribution in [0.25, 0.3) is 11.3 Å². The molecule has 84 valence electrons. The van der Waals surface area contributed by atoms with Crippen LogP contribution in [0.4, 0.5) is 5.82 Å². The monoisotopic (exact) mass is 217 g/mol. The van der Waals surface area contributed by atoms with E-state index < -0.39 is 0 Å². The molecule has 0 unspecified atom stereocenters. The van der Waals surface area contributed by atoms with Gasteiger partial charge in [-0.05, 0) is 26.0 Å². The molecule has 0 aliphatic carbocycles. The third-order valence-electron chi connectivity index (χ3n) is 2.67. The number of methoxy groups -OCH3 is 1. The van der Waals surface area contributed by atoms with Crippen LogP contribution < -0.4 is 10.5 Å². The summed E-state index contributed by atoms with van der Waals surface area (Å²) in [6, 6.07) is 6.01. The molecule has 0 atom stereocenters. The van der Waals surface area contributed by atoms with E-state index in [0.29, 0.717) is 5.82 Å². The molecule has 0 amide bonds. The first-order chi connectivity index (χ1) is 7.63. The minimum atomic E-state index is 0.526. The zero-order chi connectivity index (χ0) is 11.7. The Hall–Kier alpha value is -1.97. The van der Waals surface area contributed by atoms with E-state index in [9.17, 15) is 0 Å². The van der Waals surface area contributed by atoms with E-state index >= 15 is 0 Å². The number of hydrogen-bond donors (Lipinski definition) is 2. The average Bonchev–Trinajstić information content (AvgIpc) is 2.60. The molecule has 0 radical (unpaired) electrons. The number of aromatic nitrogens is 2. The van der Waals surface area contributed by atoms with Crippen LogP contribution in [0.2, 0.25) is 0 Å². The molecule has 1 aromatic heterocycles. The van der Waals surface area contributed by atoms with Crippen LogP contribution in [-0.2, 0) is 0 Å². The Kier molecular flexibility index (Phi) is 2.56. The SMILES string of the molecule is COc1ccc(C)cc1-c1[nH]nc(N)c1C. The fraction of sp³-hybridized carbons (Fsp3) is 0.250. The fourth-order valence-corrected chi connectivity index (χ4v) is 1.69. The van der Waals surface area contributed by atoms with Gasteiger partial charge in [-0.25, -0.2) is 0 Å². The minimum Gasteiger partial charge on any atom is -0.496 e. The van der Waals surface area contributed by atoms with E-state index in [4.69, 9.17) is 10.5 Å². The quantitative estimate of drug-likeness (QED) is 0.811. The standard InChI is InChI=1S/C12H15N3O/c1-7-4-5-10(16-3)9(6-7)11-8(2)12(13)15-14-11/h4-6H,1-3H3,(H3,13,14,15). The van der Waals surface area contributed by atoms with Gasteiger partial charge in [0, 0.05) is 11.1 Å². The summed E-state index contributed by atoms with van der Waals surface area (Å²) in [5.41, 5.74) is 9.75. The van der Waals surface area contributed by atoms with Gasteiger partial charge in [0.15, 0.2) is 0 Å². The average molecular weight is 217 g/mol. The Balaban J connectivity index is 2.62. The Bertz CT molecular complexity index is 517. The van der Waals surface area contributed by atoms with Crippen molar-refractivity contribution in [1.29, 1.82) is 0 Å². The second kappa shape index (κ2) is 3.89. The van der Waals surface area contributed by atoms with Gasteiger partial charge in [-0.15, -0.1) is 0 Å². The van der Waals surface area contributed by atoms with Crippen molar-refractivity contribution in [2.24, 2.45) is 0 Å². The molecule has 0 aliphatic heterocycles. The number of H-pyrrole nitrogens is 1. The van der Waals surface area contributed by atoms with Crippen molar-refractivity contribution in [3.63, 3.8) is 0 Å². The Morgan fingerprint density at radius 2 is 2.06 bits per heavy atom. The third-order valence-corrected chi connectivity index (χ3v) is 2.67. The summed E-state index contributed by atoms with van der Waals surface area (Å²) in [5.74, 6) is 1.34. The number of benzene rings is 1. The van der Waals surface area contributed by atoms with Gasteiger partial charge >= 0.3 is 0 Å². The maximum Gasteiger partial charge on any atom is 0.148 e. The Morgan fingerprint density at radius 3 is 2.62 bits per heavy atom. The van der Waals surface area contributed by atoms with Gasteiger partial charge in [0.25, 0.3) is 0 Å². The van der Waals surface area contributed by atoms with Crippen molar-refractivity contribution in [3.05, 3.63) is 29.3 Å². The largest absolute Gasteiger partial charge is 0.496 e. The molecule has 1 aromatic carbocycles. The lowest BCUT2D eigenvalue weighted by Crippen LogP contribution is -1.91. The van der Waals surface area contributed by atoms with Crippen LogP contribution in [0, 0.1) is 13.8 Å². The van der Waals surface area contributed by atoms with Gasteiger partial charge < -0.3 is 10.5 Å². The number of ether oxygens (including phenoxy) is 1. The molecule has 2 rings (SSSR count). The van der Waals surface area contributed by atoms with E-state index in [0.717, 1.165) is 22.6 Å². The minimum absolute atomic E-state index is 0.526. The summed E-state index contributed by atoms with van der Waals surface area (Å²) < 4.78 is 5.33. The third kappa shape index (κ3) is 1.62. The van der Waals surface area contributed by atoms with Crippen molar-refractivity contribution in [2.75, 3.05) is 12.8 Å². The molecule has 0 bridgehead atoms. The molecule has 0 fully saturated rings. The summed E-state index contributed by atoms with van der Waals surface area (Å²) >= 11 is 0. The molecule has 4 heteroatoms. The van der Waals surface area contributed by atoms with E-state index in [-0.39, 0.29) is 0 Å². The number of nitrogens with one attached hydrogen (secondary N) is 1. The highest BCUT2D eigenvalue weighted by atomic mass is 16.5. The number of nitrogen functional groups attached to an aromatic ring is 1. The van der Waals surface area contributed by atoms with Gasteiger partial charge in [-0.2, -0.15) is 5.10 Å². The maximum atomic E-state index is 5.72. The first-order valence-electron chi connectivity index (χ1n) is 5.09. The molecule has 4 nitrogen and oxygen atoms in total. The zero-order valence-corrected chi connectivity index (χ0v) is 9.66. The van der Waals surface area contributed by atoms with Crippen LogP contribution in [0.5, 0.6) is 5.75 Å². The molecule has 0 saturated carbocycles. The predicted octanol–water partition coefficient (Wildman–Crippen LogP) is 2.28. The van der Waals surface area contributed by atoms with Crippen molar-refractivity contribution >= 4 is 5.82 Å². The number of hydrogen-bond acceptors (Lipinski definition) is 3. The van der Waals surface area contributed by atoms with Gasteiger partial charge in [0.05, 0.1) is 12.8 Å². The predicted molar refractivity (Wildman–Crippen MR) is 64.5 cm³/mol. The first kappa shape index (κ1) is 10.5. The number of aryl methyl sites for hydroxylation is 1. The molecule has 0 spiro atoms. The number of rotatable bonds is 2. The van der Waals surface area contributed by atoms with Crippen molar-refractivity contribution < 1.29 is 4.74 Å². The lowest BCUT2D eigenvalue weighted by atomic mass is 10.0. The normalized spacial score (nSPS) is 10.4. The highest BCUT2D eigenvalue weighted by molar-refractivity contribution is 5.73. The topological polar surface area (TPSA) is 63.9 Å². The molecule has 3 N–H and O–H groups in total. The summed E-state index contributed by atoms with van der Waals surface area (Å²) in [6.07, 6.45) is 0. The van der Waals surface area contributed by atoms with Gasteiger partial charge in [-0.1, -0.05) is 11.6 Å². The van der Waals surface area contributed by atoms with Crippen molar-refractivity contribution in [3.8, 4) is 17.0 Å². The van der Waals surface area contributed by atoms with Gasteiger partial charge in [0.2, 0.25) is 0 Å². The van der Waals surface area contributed by atoms with E-state index in [2.05, 4.69) is 16.3 Å². The lowest BCUT2D eigenvalue weighted by molar-refractivity contribution is 0.416. The molecule has 0 aliphatic rings. The van der Waals surface area contributed by atoms with E-state index in [1.165, 1.54) is 5.56 Å². The Labute approximate surface area is 94.4 Å². The van der Waals surface area contributed by atoms with Crippen LogP contribution in [-0.4, -0.2) is 17.3 Å². The van der Waals surface area contributed by atoms with Crippen molar-refractivity contribution in [2.45, 2.75) is 13.8 Å².